The summed E-state index contributed by atoms with van der Waals surface area (Å²) in [6, 6.07) is 0.552. The highest BCUT2D eigenvalue weighted by atomic mass is 79.9. The fourth-order valence-corrected chi connectivity index (χ4v) is 3.48. The van der Waals surface area contributed by atoms with E-state index in [0.29, 0.717) is 6.04 Å². The van der Waals surface area contributed by atoms with E-state index < -0.39 is 0 Å². The lowest BCUT2D eigenvalue weighted by atomic mass is 10.2. The Morgan fingerprint density at radius 2 is 2.11 bits per heavy atom. The van der Waals surface area contributed by atoms with Crippen LogP contribution in [-0.4, -0.2) is 27.3 Å². The molecule has 110 valence electrons. The zero-order valence-corrected chi connectivity index (χ0v) is 14.9. The second-order valence-electron chi connectivity index (χ2n) is 4.64. The van der Waals surface area contributed by atoms with Crippen LogP contribution in [0.1, 0.15) is 45.5 Å². The molecule has 1 atom stereocenters. The summed E-state index contributed by atoms with van der Waals surface area (Å²) in [6.07, 6.45) is 2.19. The lowest BCUT2D eigenvalue weighted by Crippen LogP contribution is -2.27. The zero-order chi connectivity index (χ0) is 14.3. The topological polar surface area (TPSA) is 29.9 Å². The molecule has 0 bridgehead atoms. The largest absolute Gasteiger partial charge is 0.309 e. The van der Waals surface area contributed by atoms with Crippen molar-refractivity contribution >= 4 is 27.7 Å². The number of nitrogens with one attached hydrogen (secondary N) is 1. The summed E-state index contributed by atoms with van der Waals surface area (Å²) in [5.74, 6) is 2.44. The minimum atomic E-state index is 0.552. The van der Waals surface area contributed by atoms with Crippen molar-refractivity contribution in [2.45, 2.75) is 59.7 Å². The summed E-state index contributed by atoms with van der Waals surface area (Å²) in [5.41, 5.74) is 2.43. The van der Waals surface area contributed by atoms with E-state index in [1.165, 1.54) is 28.1 Å². The summed E-state index contributed by atoms with van der Waals surface area (Å²) in [5, 5.41) is 8.23. The Labute approximate surface area is 130 Å². The van der Waals surface area contributed by atoms with Crippen LogP contribution in [0.5, 0.6) is 0 Å². The first-order valence-electron chi connectivity index (χ1n) is 7.19. The molecule has 3 nitrogen and oxygen atoms in total. The number of aromatic nitrogens is 2. The van der Waals surface area contributed by atoms with E-state index in [2.05, 4.69) is 58.7 Å². The van der Waals surface area contributed by atoms with Crippen LogP contribution in [-0.2, 0) is 19.5 Å². The molecular weight excluding hydrogens is 322 g/mol. The summed E-state index contributed by atoms with van der Waals surface area (Å²) < 4.78 is 3.28. The molecular formula is C14H26BrN3S. The molecule has 0 saturated heterocycles. The van der Waals surface area contributed by atoms with E-state index in [1.54, 1.807) is 0 Å². The van der Waals surface area contributed by atoms with Crippen LogP contribution in [0.2, 0.25) is 0 Å². The van der Waals surface area contributed by atoms with Gasteiger partial charge in [-0.15, -0.1) is 0 Å². The molecule has 0 aliphatic rings. The smallest absolute Gasteiger partial charge is 0.0767 e. The third-order valence-electron chi connectivity index (χ3n) is 3.21. The van der Waals surface area contributed by atoms with Crippen molar-refractivity contribution in [2.24, 2.45) is 0 Å². The fourth-order valence-electron chi connectivity index (χ4n) is 1.96. The molecule has 1 aromatic rings. The van der Waals surface area contributed by atoms with Crippen molar-refractivity contribution in [3.05, 3.63) is 15.9 Å². The number of aryl methyl sites for hydroxylation is 2. The molecule has 0 radical (unpaired) electrons. The maximum Gasteiger partial charge on any atom is 0.0767 e. The van der Waals surface area contributed by atoms with Crippen molar-refractivity contribution in [2.75, 3.05) is 11.5 Å². The normalized spacial score (nSPS) is 12.9. The van der Waals surface area contributed by atoms with E-state index in [4.69, 9.17) is 0 Å². The van der Waals surface area contributed by atoms with Crippen molar-refractivity contribution in [3.63, 3.8) is 0 Å². The van der Waals surface area contributed by atoms with Crippen LogP contribution in [0.15, 0.2) is 4.47 Å². The predicted octanol–water partition coefficient (Wildman–Crippen LogP) is 3.85. The maximum atomic E-state index is 4.63. The van der Waals surface area contributed by atoms with Gasteiger partial charge in [0.15, 0.2) is 0 Å². The summed E-state index contributed by atoms with van der Waals surface area (Å²) in [4.78, 5) is 0. The van der Waals surface area contributed by atoms with E-state index in [9.17, 15) is 0 Å². The van der Waals surface area contributed by atoms with Gasteiger partial charge in [0.25, 0.3) is 0 Å². The average molecular weight is 348 g/mol. The Morgan fingerprint density at radius 3 is 2.68 bits per heavy atom. The zero-order valence-electron chi connectivity index (χ0n) is 12.5. The van der Waals surface area contributed by atoms with Gasteiger partial charge in [0, 0.05) is 19.1 Å². The predicted molar refractivity (Wildman–Crippen MR) is 88.9 cm³/mol. The number of halogens is 1. The first kappa shape index (κ1) is 17.1. The Kier molecular flexibility index (Phi) is 8.11. The molecule has 0 aliphatic carbocycles. The molecule has 0 amide bonds. The summed E-state index contributed by atoms with van der Waals surface area (Å²) in [6.45, 7) is 10.6. The van der Waals surface area contributed by atoms with E-state index in [-0.39, 0.29) is 0 Å². The van der Waals surface area contributed by atoms with Gasteiger partial charge in [-0.2, -0.15) is 16.9 Å². The molecule has 0 fully saturated rings. The van der Waals surface area contributed by atoms with Crippen LogP contribution in [0.3, 0.4) is 0 Å². The van der Waals surface area contributed by atoms with E-state index in [0.717, 1.165) is 25.2 Å². The second kappa shape index (κ2) is 9.03. The number of hydrogen-bond acceptors (Lipinski definition) is 3. The van der Waals surface area contributed by atoms with Crippen molar-refractivity contribution in [1.29, 1.82) is 0 Å². The third-order valence-corrected chi connectivity index (χ3v) is 5.06. The first-order chi connectivity index (χ1) is 9.13. The quantitative estimate of drug-likeness (QED) is 0.688. The molecule has 1 N–H and O–H groups in total. The molecule has 19 heavy (non-hydrogen) atoms. The number of thioether (sulfide) groups is 1. The van der Waals surface area contributed by atoms with Gasteiger partial charge in [-0.05, 0) is 54.1 Å². The Balaban J connectivity index is 2.54. The minimum Gasteiger partial charge on any atom is -0.309 e. The first-order valence-corrected chi connectivity index (χ1v) is 9.13. The van der Waals surface area contributed by atoms with Crippen molar-refractivity contribution in [3.8, 4) is 0 Å². The molecule has 0 saturated carbocycles. The highest BCUT2D eigenvalue weighted by molar-refractivity contribution is 9.10. The number of rotatable bonds is 9. The van der Waals surface area contributed by atoms with E-state index in [1.807, 2.05) is 11.8 Å². The van der Waals surface area contributed by atoms with Crippen LogP contribution < -0.4 is 5.32 Å². The van der Waals surface area contributed by atoms with Crippen LogP contribution in [0.4, 0.5) is 0 Å². The minimum absolute atomic E-state index is 0.552. The molecule has 1 rings (SSSR count). The van der Waals surface area contributed by atoms with Gasteiger partial charge in [0.2, 0.25) is 0 Å². The van der Waals surface area contributed by atoms with Gasteiger partial charge in [-0.1, -0.05) is 13.8 Å². The van der Waals surface area contributed by atoms with Gasteiger partial charge in [0.1, 0.15) is 0 Å². The molecule has 1 aromatic heterocycles. The summed E-state index contributed by atoms with van der Waals surface area (Å²) >= 11 is 5.70. The van der Waals surface area contributed by atoms with Crippen molar-refractivity contribution < 1.29 is 0 Å². The standard InChI is InChI=1S/C14H26BrN3S/c1-5-12-14(15)13(18(6-2)17-12)10-16-11(4)8-9-19-7-3/h11,16H,5-10H2,1-4H3. The van der Waals surface area contributed by atoms with Gasteiger partial charge in [-0.3, -0.25) is 4.68 Å². The molecule has 0 spiro atoms. The monoisotopic (exact) mass is 347 g/mol. The lowest BCUT2D eigenvalue weighted by Gasteiger charge is -2.14. The average Bonchev–Trinajstić information content (AvgIpc) is 2.72. The van der Waals surface area contributed by atoms with Crippen LogP contribution in [0.25, 0.3) is 0 Å². The molecule has 1 unspecified atom stereocenters. The van der Waals surface area contributed by atoms with Gasteiger partial charge in [-0.25, -0.2) is 0 Å². The fraction of sp³-hybridized carbons (Fsp3) is 0.786. The van der Waals surface area contributed by atoms with E-state index >= 15 is 0 Å². The van der Waals surface area contributed by atoms with Crippen LogP contribution in [0, 0.1) is 0 Å². The Hall–Kier alpha value is 0. The third kappa shape index (κ3) is 5.12. The molecule has 0 aromatic carbocycles. The lowest BCUT2D eigenvalue weighted by molar-refractivity contribution is 0.507. The number of nitrogens with zero attached hydrogens (tertiary/aromatic N) is 2. The highest BCUT2D eigenvalue weighted by Crippen LogP contribution is 2.22. The van der Waals surface area contributed by atoms with Crippen molar-refractivity contribution in [1.82, 2.24) is 15.1 Å². The SMILES string of the molecule is CCSCCC(C)NCc1c(Br)c(CC)nn1CC. The maximum absolute atomic E-state index is 4.63. The molecule has 5 heteroatoms. The number of hydrogen-bond donors (Lipinski definition) is 1. The second-order valence-corrected chi connectivity index (χ2v) is 6.83. The molecule has 1 heterocycles. The van der Waals surface area contributed by atoms with Gasteiger partial charge in [0.05, 0.1) is 15.9 Å². The van der Waals surface area contributed by atoms with Gasteiger partial charge < -0.3 is 5.32 Å². The van der Waals surface area contributed by atoms with Crippen LogP contribution >= 0.6 is 27.7 Å². The highest BCUT2D eigenvalue weighted by Gasteiger charge is 2.14. The molecule has 0 aliphatic heterocycles. The Bertz CT molecular complexity index is 379. The van der Waals surface area contributed by atoms with Gasteiger partial charge >= 0.3 is 0 Å². The summed E-state index contributed by atoms with van der Waals surface area (Å²) in [7, 11) is 0. The Morgan fingerprint density at radius 1 is 1.37 bits per heavy atom.